The lowest BCUT2D eigenvalue weighted by molar-refractivity contribution is 0.327. The van der Waals surface area contributed by atoms with Gasteiger partial charge >= 0.3 is 0 Å². The second-order valence-corrected chi connectivity index (χ2v) is 4.40. The summed E-state index contributed by atoms with van der Waals surface area (Å²) in [7, 11) is 4.71. The summed E-state index contributed by atoms with van der Waals surface area (Å²) in [6.45, 7) is 2.03. The normalized spacial score (nSPS) is 10.6. The number of hydrogen-bond acceptors (Lipinski definition) is 4. The molecule has 0 amide bonds. The van der Waals surface area contributed by atoms with Crippen LogP contribution in [0.15, 0.2) is 12.1 Å². The molecule has 0 radical (unpaired) electrons. The van der Waals surface area contributed by atoms with E-state index in [1.54, 1.807) is 21.3 Å². The zero-order valence-corrected chi connectivity index (χ0v) is 12.2. The number of benzene rings is 1. The van der Waals surface area contributed by atoms with Crippen LogP contribution in [0.5, 0.6) is 17.2 Å². The minimum Gasteiger partial charge on any atom is -0.493 e. The Morgan fingerprint density at radius 1 is 1.05 bits per heavy atom. The van der Waals surface area contributed by atoms with Crippen LogP contribution in [-0.4, -0.2) is 26.3 Å². The summed E-state index contributed by atoms with van der Waals surface area (Å²) in [6.07, 6.45) is 0.812. The van der Waals surface area contributed by atoms with E-state index in [-0.39, 0.29) is 0 Å². The first-order valence-electron chi connectivity index (χ1n) is 5.94. The van der Waals surface area contributed by atoms with E-state index in [0.717, 1.165) is 23.0 Å². The SMILES string of the molecule is CCc1cc(Cl)c2c(OC)c(OC)c(OC)cc2n1. The lowest BCUT2D eigenvalue weighted by atomic mass is 10.1. The third-order valence-corrected chi connectivity index (χ3v) is 3.27. The van der Waals surface area contributed by atoms with Gasteiger partial charge in [-0.3, -0.25) is 4.98 Å². The zero-order valence-electron chi connectivity index (χ0n) is 11.4. The molecule has 2 aromatic rings. The maximum Gasteiger partial charge on any atom is 0.204 e. The van der Waals surface area contributed by atoms with Crippen LogP contribution in [0.25, 0.3) is 10.9 Å². The Morgan fingerprint density at radius 3 is 2.26 bits per heavy atom. The van der Waals surface area contributed by atoms with E-state index in [1.165, 1.54) is 0 Å². The Balaban J connectivity index is 2.88. The molecule has 2 rings (SSSR count). The number of hydrogen-bond donors (Lipinski definition) is 0. The van der Waals surface area contributed by atoms with Crippen molar-refractivity contribution in [1.29, 1.82) is 0 Å². The van der Waals surface area contributed by atoms with Crippen LogP contribution in [0.4, 0.5) is 0 Å². The number of methoxy groups -OCH3 is 3. The monoisotopic (exact) mass is 281 g/mol. The van der Waals surface area contributed by atoms with E-state index >= 15 is 0 Å². The van der Waals surface area contributed by atoms with Crippen molar-refractivity contribution >= 4 is 22.5 Å². The van der Waals surface area contributed by atoms with Crippen molar-refractivity contribution in [2.75, 3.05) is 21.3 Å². The second-order valence-electron chi connectivity index (χ2n) is 3.99. The highest BCUT2D eigenvalue weighted by Crippen LogP contribution is 2.45. The number of fused-ring (bicyclic) bond motifs is 1. The van der Waals surface area contributed by atoms with Crippen molar-refractivity contribution in [2.45, 2.75) is 13.3 Å². The number of pyridine rings is 1. The minimum absolute atomic E-state index is 0.519. The standard InChI is InChI=1S/C14H16ClNO3/c1-5-8-6-9(15)12-10(16-8)7-11(17-2)13(18-3)14(12)19-4/h6-7H,5H2,1-4H3. The second kappa shape index (κ2) is 5.53. The molecule has 5 heteroatoms. The summed E-state index contributed by atoms with van der Waals surface area (Å²) in [6, 6.07) is 3.65. The Labute approximate surface area is 117 Å². The molecule has 0 spiro atoms. The first kappa shape index (κ1) is 13.7. The molecule has 19 heavy (non-hydrogen) atoms. The summed E-state index contributed by atoms with van der Waals surface area (Å²) < 4.78 is 16.1. The van der Waals surface area contributed by atoms with Gasteiger partial charge in [-0.2, -0.15) is 0 Å². The first-order chi connectivity index (χ1) is 9.15. The lowest BCUT2D eigenvalue weighted by Crippen LogP contribution is -1.98. The maximum atomic E-state index is 6.33. The molecule has 102 valence electrons. The molecule has 0 atom stereocenters. The molecule has 0 fully saturated rings. The molecule has 0 N–H and O–H groups in total. The molecule has 1 aromatic carbocycles. The molecular formula is C14H16ClNO3. The van der Waals surface area contributed by atoms with E-state index in [1.807, 2.05) is 19.1 Å². The van der Waals surface area contributed by atoms with Crippen LogP contribution < -0.4 is 14.2 Å². The third-order valence-electron chi connectivity index (χ3n) is 2.97. The molecule has 4 nitrogen and oxygen atoms in total. The largest absolute Gasteiger partial charge is 0.493 e. The average molecular weight is 282 g/mol. The van der Waals surface area contributed by atoms with E-state index in [9.17, 15) is 0 Å². The predicted molar refractivity (Wildman–Crippen MR) is 75.8 cm³/mol. The fraction of sp³-hybridized carbons (Fsp3) is 0.357. The van der Waals surface area contributed by atoms with Gasteiger partial charge in [0.25, 0.3) is 0 Å². The molecule has 1 heterocycles. The van der Waals surface area contributed by atoms with E-state index in [0.29, 0.717) is 22.3 Å². The van der Waals surface area contributed by atoms with Crippen LogP contribution in [0.1, 0.15) is 12.6 Å². The number of nitrogens with zero attached hydrogens (tertiary/aromatic N) is 1. The van der Waals surface area contributed by atoms with Crippen LogP contribution in [0, 0.1) is 0 Å². The van der Waals surface area contributed by atoms with Crippen LogP contribution >= 0.6 is 11.6 Å². The van der Waals surface area contributed by atoms with E-state index in [2.05, 4.69) is 4.98 Å². The minimum atomic E-state index is 0.519. The quantitative estimate of drug-likeness (QED) is 0.860. The Morgan fingerprint density at radius 2 is 1.74 bits per heavy atom. The summed E-state index contributed by atoms with van der Waals surface area (Å²) in [5, 5.41) is 1.33. The van der Waals surface area contributed by atoms with Crippen LogP contribution in [0.2, 0.25) is 5.02 Å². The average Bonchev–Trinajstić information content (AvgIpc) is 2.44. The van der Waals surface area contributed by atoms with Gasteiger partial charge in [0, 0.05) is 11.8 Å². The van der Waals surface area contributed by atoms with Gasteiger partial charge < -0.3 is 14.2 Å². The summed E-state index contributed by atoms with van der Waals surface area (Å²) in [5.41, 5.74) is 1.66. The molecule has 0 unspecified atom stereocenters. The summed E-state index contributed by atoms with van der Waals surface area (Å²) in [5.74, 6) is 1.63. The number of halogens is 1. The van der Waals surface area contributed by atoms with Crippen molar-refractivity contribution in [1.82, 2.24) is 4.98 Å². The zero-order chi connectivity index (χ0) is 14.0. The maximum absolute atomic E-state index is 6.33. The van der Waals surface area contributed by atoms with Crippen molar-refractivity contribution in [3.63, 3.8) is 0 Å². The topological polar surface area (TPSA) is 40.6 Å². The molecule has 1 aromatic heterocycles. The Kier molecular flexibility index (Phi) is 4.00. The molecule has 0 bridgehead atoms. The van der Waals surface area contributed by atoms with Crippen molar-refractivity contribution in [3.8, 4) is 17.2 Å². The van der Waals surface area contributed by atoms with E-state index < -0.39 is 0 Å². The van der Waals surface area contributed by atoms with Gasteiger partial charge in [-0.15, -0.1) is 0 Å². The number of ether oxygens (including phenoxy) is 3. The fourth-order valence-corrected chi connectivity index (χ4v) is 2.36. The van der Waals surface area contributed by atoms with Gasteiger partial charge in [-0.1, -0.05) is 18.5 Å². The van der Waals surface area contributed by atoms with Crippen molar-refractivity contribution in [3.05, 3.63) is 22.8 Å². The highest BCUT2D eigenvalue weighted by Gasteiger charge is 2.19. The molecular weight excluding hydrogens is 266 g/mol. The van der Waals surface area contributed by atoms with Gasteiger partial charge in [0.15, 0.2) is 11.5 Å². The third kappa shape index (κ3) is 2.28. The molecule has 0 aliphatic carbocycles. The lowest BCUT2D eigenvalue weighted by Gasteiger charge is -2.15. The number of aromatic nitrogens is 1. The molecule has 0 saturated heterocycles. The molecule has 0 saturated carbocycles. The summed E-state index contributed by atoms with van der Waals surface area (Å²) in [4.78, 5) is 4.55. The number of aryl methyl sites for hydroxylation is 1. The Bertz CT molecular complexity index is 613. The van der Waals surface area contributed by atoms with Gasteiger partial charge in [-0.05, 0) is 12.5 Å². The van der Waals surface area contributed by atoms with Gasteiger partial charge in [0.1, 0.15) is 0 Å². The van der Waals surface area contributed by atoms with Crippen LogP contribution in [0.3, 0.4) is 0 Å². The number of rotatable bonds is 4. The highest BCUT2D eigenvalue weighted by atomic mass is 35.5. The fourth-order valence-electron chi connectivity index (χ4n) is 2.05. The molecule has 0 aliphatic rings. The van der Waals surface area contributed by atoms with Gasteiger partial charge in [0.2, 0.25) is 5.75 Å². The predicted octanol–water partition coefficient (Wildman–Crippen LogP) is 3.48. The Hall–Kier alpha value is -1.68. The van der Waals surface area contributed by atoms with Crippen LogP contribution in [-0.2, 0) is 6.42 Å². The van der Waals surface area contributed by atoms with Gasteiger partial charge in [0.05, 0.1) is 37.3 Å². The molecule has 0 aliphatic heterocycles. The van der Waals surface area contributed by atoms with Gasteiger partial charge in [-0.25, -0.2) is 0 Å². The summed E-state index contributed by atoms with van der Waals surface area (Å²) >= 11 is 6.33. The van der Waals surface area contributed by atoms with Crippen molar-refractivity contribution < 1.29 is 14.2 Å². The van der Waals surface area contributed by atoms with E-state index in [4.69, 9.17) is 25.8 Å². The highest BCUT2D eigenvalue weighted by molar-refractivity contribution is 6.36. The first-order valence-corrected chi connectivity index (χ1v) is 6.32. The van der Waals surface area contributed by atoms with Crippen molar-refractivity contribution in [2.24, 2.45) is 0 Å². The smallest absolute Gasteiger partial charge is 0.204 e.